The van der Waals surface area contributed by atoms with Crippen molar-refractivity contribution in [1.82, 2.24) is 5.32 Å². The van der Waals surface area contributed by atoms with Gasteiger partial charge >= 0.3 is 0 Å². The van der Waals surface area contributed by atoms with Gasteiger partial charge < -0.3 is 11.1 Å². The molecule has 0 aliphatic heterocycles. The van der Waals surface area contributed by atoms with Gasteiger partial charge in [-0.2, -0.15) is 0 Å². The molecular weight excluding hydrogens is 276 g/mol. The van der Waals surface area contributed by atoms with Crippen molar-refractivity contribution < 1.29 is 9.59 Å². The van der Waals surface area contributed by atoms with Crippen molar-refractivity contribution in [3.63, 3.8) is 0 Å². The van der Waals surface area contributed by atoms with Crippen LogP contribution in [0, 0.1) is 0 Å². The van der Waals surface area contributed by atoms with Crippen LogP contribution in [0.5, 0.6) is 0 Å². The van der Waals surface area contributed by atoms with E-state index in [9.17, 15) is 9.59 Å². The van der Waals surface area contributed by atoms with Crippen LogP contribution in [0.2, 0.25) is 0 Å². The van der Waals surface area contributed by atoms with Crippen LogP contribution >= 0.6 is 0 Å². The molecule has 2 aromatic carbocycles. The van der Waals surface area contributed by atoms with E-state index in [1.807, 2.05) is 39.0 Å². The highest BCUT2D eigenvalue weighted by Crippen LogP contribution is 2.24. The maximum atomic E-state index is 12.3. The van der Waals surface area contributed by atoms with E-state index in [0.717, 1.165) is 11.1 Å². The van der Waals surface area contributed by atoms with Crippen LogP contribution < -0.4 is 11.1 Å². The molecule has 2 rings (SSSR count). The molecule has 0 aliphatic rings. The minimum atomic E-state index is -0.486. The third kappa shape index (κ3) is 3.73. The first-order valence-corrected chi connectivity index (χ1v) is 7.10. The van der Waals surface area contributed by atoms with E-state index in [0.29, 0.717) is 11.1 Å². The van der Waals surface area contributed by atoms with Crippen LogP contribution in [0.25, 0.3) is 11.1 Å². The van der Waals surface area contributed by atoms with Gasteiger partial charge in [-0.05, 0) is 50.1 Å². The Bertz CT molecular complexity index is 715. The normalized spacial score (nSPS) is 11.0. The molecule has 2 aromatic rings. The molecule has 0 bridgehead atoms. The number of hydrogen-bond donors (Lipinski definition) is 2. The van der Waals surface area contributed by atoms with Gasteiger partial charge in [-0.3, -0.25) is 9.59 Å². The van der Waals surface area contributed by atoms with Gasteiger partial charge in [0.25, 0.3) is 5.91 Å². The lowest BCUT2D eigenvalue weighted by molar-refractivity contribution is 0.0918. The van der Waals surface area contributed by atoms with E-state index in [-0.39, 0.29) is 11.4 Å². The van der Waals surface area contributed by atoms with Crippen LogP contribution in [0.4, 0.5) is 0 Å². The fourth-order valence-corrected chi connectivity index (χ4v) is 2.19. The summed E-state index contributed by atoms with van der Waals surface area (Å²) in [6.07, 6.45) is 0. The summed E-state index contributed by atoms with van der Waals surface area (Å²) in [5.41, 5.74) is 7.61. The highest BCUT2D eigenvalue weighted by Gasteiger charge is 2.16. The summed E-state index contributed by atoms with van der Waals surface area (Å²) >= 11 is 0. The Morgan fingerprint density at radius 3 is 2.32 bits per heavy atom. The zero-order chi connectivity index (χ0) is 16.3. The second-order valence-corrected chi connectivity index (χ2v) is 6.19. The summed E-state index contributed by atoms with van der Waals surface area (Å²) in [6.45, 7) is 5.78. The smallest absolute Gasteiger partial charge is 0.251 e. The number of amides is 2. The lowest BCUT2D eigenvalue weighted by atomic mass is 9.97. The molecule has 0 heterocycles. The molecule has 0 atom stereocenters. The maximum absolute atomic E-state index is 12.3. The lowest BCUT2D eigenvalue weighted by Crippen LogP contribution is -2.40. The van der Waals surface area contributed by atoms with Gasteiger partial charge in [0.15, 0.2) is 0 Å². The summed E-state index contributed by atoms with van der Waals surface area (Å²) in [7, 11) is 0. The predicted molar refractivity (Wildman–Crippen MR) is 87.6 cm³/mol. The summed E-state index contributed by atoms with van der Waals surface area (Å²) in [5, 5.41) is 2.92. The Kier molecular flexibility index (Phi) is 4.31. The fourth-order valence-electron chi connectivity index (χ4n) is 2.19. The number of rotatable bonds is 3. The van der Waals surface area contributed by atoms with Crippen LogP contribution in [-0.2, 0) is 0 Å². The number of primary amides is 1. The van der Waals surface area contributed by atoms with E-state index in [1.165, 1.54) is 0 Å². The van der Waals surface area contributed by atoms with E-state index in [4.69, 9.17) is 5.73 Å². The summed E-state index contributed by atoms with van der Waals surface area (Å²) < 4.78 is 0. The summed E-state index contributed by atoms with van der Waals surface area (Å²) in [6, 6.07) is 14.3. The molecule has 22 heavy (non-hydrogen) atoms. The summed E-state index contributed by atoms with van der Waals surface area (Å²) in [5.74, 6) is -0.633. The molecule has 0 aromatic heterocycles. The number of nitrogens with two attached hydrogens (primary N) is 1. The number of hydrogen-bond acceptors (Lipinski definition) is 2. The summed E-state index contributed by atoms with van der Waals surface area (Å²) in [4.78, 5) is 23.8. The van der Waals surface area contributed by atoms with Gasteiger partial charge in [0.2, 0.25) is 5.91 Å². The van der Waals surface area contributed by atoms with Crippen molar-refractivity contribution in [3.8, 4) is 11.1 Å². The molecular formula is C18H20N2O2. The molecule has 3 N–H and O–H groups in total. The Labute approximate surface area is 130 Å². The molecule has 0 aliphatic carbocycles. The van der Waals surface area contributed by atoms with Crippen molar-refractivity contribution in [3.05, 3.63) is 59.7 Å². The first kappa shape index (κ1) is 15.8. The maximum Gasteiger partial charge on any atom is 0.251 e. The Morgan fingerprint density at radius 2 is 1.68 bits per heavy atom. The van der Waals surface area contributed by atoms with E-state index < -0.39 is 5.91 Å². The van der Waals surface area contributed by atoms with Gasteiger partial charge in [0.05, 0.1) is 0 Å². The molecule has 0 radical (unpaired) electrons. The SMILES string of the molecule is CC(C)(C)NC(=O)c1cccc(-c2ccccc2C(N)=O)c1. The Hall–Kier alpha value is -2.62. The molecule has 114 valence electrons. The number of carbonyl (C=O) groups excluding carboxylic acids is 2. The second kappa shape index (κ2) is 6.02. The van der Waals surface area contributed by atoms with E-state index in [1.54, 1.807) is 30.3 Å². The van der Waals surface area contributed by atoms with Crippen LogP contribution in [0.3, 0.4) is 0 Å². The zero-order valence-corrected chi connectivity index (χ0v) is 13.0. The first-order valence-electron chi connectivity index (χ1n) is 7.10. The van der Waals surface area contributed by atoms with Crippen molar-refractivity contribution in [2.75, 3.05) is 0 Å². The van der Waals surface area contributed by atoms with Gasteiger partial charge in [-0.1, -0.05) is 30.3 Å². The first-order chi connectivity index (χ1) is 10.3. The molecule has 0 saturated carbocycles. The highest BCUT2D eigenvalue weighted by atomic mass is 16.2. The number of carbonyl (C=O) groups is 2. The van der Waals surface area contributed by atoms with Crippen LogP contribution in [0.1, 0.15) is 41.5 Å². The van der Waals surface area contributed by atoms with Gasteiger partial charge in [-0.25, -0.2) is 0 Å². The van der Waals surface area contributed by atoms with Crippen molar-refractivity contribution in [2.45, 2.75) is 26.3 Å². The number of benzene rings is 2. The zero-order valence-electron chi connectivity index (χ0n) is 13.0. The Morgan fingerprint density at radius 1 is 1.00 bits per heavy atom. The minimum absolute atomic E-state index is 0.147. The largest absolute Gasteiger partial charge is 0.366 e. The molecule has 4 heteroatoms. The average Bonchev–Trinajstić information content (AvgIpc) is 2.45. The van der Waals surface area contributed by atoms with Gasteiger partial charge in [0, 0.05) is 16.7 Å². The van der Waals surface area contributed by atoms with E-state index >= 15 is 0 Å². The number of nitrogens with one attached hydrogen (secondary N) is 1. The third-order valence-electron chi connectivity index (χ3n) is 3.12. The van der Waals surface area contributed by atoms with Crippen LogP contribution in [0.15, 0.2) is 48.5 Å². The van der Waals surface area contributed by atoms with Crippen molar-refractivity contribution >= 4 is 11.8 Å². The van der Waals surface area contributed by atoms with Gasteiger partial charge in [0.1, 0.15) is 0 Å². The monoisotopic (exact) mass is 296 g/mol. The topological polar surface area (TPSA) is 72.2 Å². The molecule has 0 saturated heterocycles. The second-order valence-electron chi connectivity index (χ2n) is 6.19. The Balaban J connectivity index is 2.41. The molecule has 2 amide bonds. The van der Waals surface area contributed by atoms with Crippen LogP contribution in [-0.4, -0.2) is 17.4 Å². The van der Waals surface area contributed by atoms with Crippen molar-refractivity contribution in [2.24, 2.45) is 5.73 Å². The molecule has 0 spiro atoms. The lowest BCUT2D eigenvalue weighted by Gasteiger charge is -2.20. The molecule has 4 nitrogen and oxygen atoms in total. The molecule has 0 unspecified atom stereocenters. The van der Waals surface area contributed by atoms with Crippen molar-refractivity contribution in [1.29, 1.82) is 0 Å². The average molecular weight is 296 g/mol. The standard InChI is InChI=1S/C18H20N2O2/c1-18(2,3)20-17(22)13-8-6-7-12(11-13)14-9-4-5-10-15(14)16(19)21/h4-11H,1-3H3,(H2,19,21)(H,20,22). The third-order valence-corrected chi connectivity index (χ3v) is 3.12. The minimum Gasteiger partial charge on any atom is -0.366 e. The van der Waals surface area contributed by atoms with E-state index in [2.05, 4.69) is 5.32 Å². The predicted octanol–water partition coefficient (Wildman–Crippen LogP) is 2.98. The highest BCUT2D eigenvalue weighted by molar-refractivity contribution is 6.01. The quantitative estimate of drug-likeness (QED) is 0.914. The molecule has 0 fully saturated rings. The fraction of sp³-hybridized carbons (Fsp3) is 0.222. The van der Waals surface area contributed by atoms with Gasteiger partial charge in [-0.15, -0.1) is 0 Å².